The Morgan fingerprint density at radius 3 is 2.67 bits per heavy atom. The Kier molecular flexibility index (Phi) is 4.36. The Labute approximate surface area is 156 Å². The molecule has 138 valence electrons. The molecule has 1 aliphatic rings. The fourth-order valence-corrected chi connectivity index (χ4v) is 3.16. The number of fused-ring (bicyclic) bond motifs is 2. The van der Waals surface area contributed by atoms with Crippen molar-refractivity contribution in [2.45, 2.75) is 13.8 Å². The van der Waals surface area contributed by atoms with Gasteiger partial charge in [-0.3, -0.25) is 0 Å². The number of benzene rings is 2. The second-order valence-corrected chi connectivity index (χ2v) is 6.65. The van der Waals surface area contributed by atoms with Gasteiger partial charge in [0.05, 0.1) is 5.56 Å². The summed E-state index contributed by atoms with van der Waals surface area (Å²) in [6, 6.07) is 10.9. The van der Waals surface area contributed by atoms with Gasteiger partial charge in [-0.15, -0.1) is 0 Å². The normalized spacial score (nSPS) is 12.8. The number of hydrogen-bond acceptors (Lipinski definition) is 5. The van der Waals surface area contributed by atoms with Gasteiger partial charge in [0.15, 0.2) is 11.5 Å². The van der Waals surface area contributed by atoms with Crippen LogP contribution in [0.2, 0.25) is 0 Å². The maximum absolute atomic E-state index is 12.6. The van der Waals surface area contributed by atoms with Gasteiger partial charge in [0.25, 0.3) is 0 Å². The highest BCUT2D eigenvalue weighted by Crippen LogP contribution is 2.36. The zero-order valence-corrected chi connectivity index (χ0v) is 15.3. The molecule has 5 nitrogen and oxygen atoms in total. The Morgan fingerprint density at radius 1 is 1.11 bits per heavy atom. The summed E-state index contributed by atoms with van der Waals surface area (Å²) in [4.78, 5) is 12.6. The molecule has 0 atom stereocenters. The predicted octanol–water partition coefficient (Wildman–Crippen LogP) is 4.49. The van der Waals surface area contributed by atoms with E-state index in [9.17, 15) is 4.79 Å². The Morgan fingerprint density at radius 2 is 1.89 bits per heavy atom. The molecule has 0 amide bonds. The van der Waals surface area contributed by atoms with E-state index >= 15 is 0 Å². The summed E-state index contributed by atoms with van der Waals surface area (Å²) < 4.78 is 22.5. The average molecular weight is 364 g/mol. The lowest BCUT2D eigenvalue weighted by Gasteiger charge is -2.19. The minimum Gasteiger partial charge on any atom is -0.489 e. The van der Waals surface area contributed by atoms with Crippen molar-refractivity contribution in [2.24, 2.45) is 0 Å². The average Bonchev–Trinajstić information content (AvgIpc) is 2.66. The molecule has 0 radical (unpaired) electrons. The van der Waals surface area contributed by atoms with Crippen molar-refractivity contribution in [2.75, 3.05) is 19.8 Å². The maximum Gasteiger partial charge on any atom is 0.344 e. The van der Waals surface area contributed by atoms with Crippen molar-refractivity contribution in [1.29, 1.82) is 0 Å². The molecule has 2 heterocycles. The maximum atomic E-state index is 12.6. The highest BCUT2D eigenvalue weighted by molar-refractivity contribution is 5.88. The highest BCUT2D eigenvalue weighted by Gasteiger charge is 2.18. The van der Waals surface area contributed by atoms with Crippen molar-refractivity contribution in [3.05, 3.63) is 64.5 Å². The van der Waals surface area contributed by atoms with Crippen molar-refractivity contribution >= 4 is 11.0 Å². The van der Waals surface area contributed by atoms with E-state index in [0.29, 0.717) is 48.2 Å². The summed E-state index contributed by atoms with van der Waals surface area (Å²) in [6.07, 6.45) is 0. The Bertz CT molecular complexity index is 1090. The zero-order valence-electron chi connectivity index (χ0n) is 15.3. The van der Waals surface area contributed by atoms with Crippen LogP contribution < -0.4 is 19.8 Å². The van der Waals surface area contributed by atoms with Crippen LogP contribution in [0, 0.1) is 6.92 Å². The molecular weight excluding hydrogens is 344 g/mol. The topological polar surface area (TPSA) is 57.9 Å². The summed E-state index contributed by atoms with van der Waals surface area (Å²) in [5.74, 6) is 2.02. The SMILES string of the molecule is C=C(C)COc1ccc2oc(=O)c(-c3ccc4c(c3)OCCO4)c(C)c2c1. The van der Waals surface area contributed by atoms with E-state index in [1.807, 2.05) is 38.1 Å². The molecule has 0 unspecified atom stereocenters. The van der Waals surface area contributed by atoms with E-state index in [1.165, 1.54) is 0 Å². The van der Waals surface area contributed by atoms with Crippen LogP contribution in [0.5, 0.6) is 17.2 Å². The van der Waals surface area contributed by atoms with Crippen LogP contribution in [0.15, 0.2) is 57.8 Å². The number of rotatable bonds is 4. The third kappa shape index (κ3) is 3.28. The molecule has 0 saturated carbocycles. The van der Waals surface area contributed by atoms with Gasteiger partial charge >= 0.3 is 5.63 Å². The first kappa shape index (κ1) is 17.2. The van der Waals surface area contributed by atoms with Crippen molar-refractivity contribution in [3.63, 3.8) is 0 Å². The second-order valence-electron chi connectivity index (χ2n) is 6.65. The number of hydrogen-bond donors (Lipinski definition) is 0. The number of ether oxygens (including phenoxy) is 3. The van der Waals surface area contributed by atoms with E-state index in [4.69, 9.17) is 18.6 Å². The fourth-order valence-electron chi connectivity index (χ4n) is 3.16. The highest BCUT2D eigenvalue weighted by atomic mass is 16.6. The van der Waals surface area contributed by atoms with Crippen LogP contribution in [-0.2, 0) is 0 Å². The largest absolute Gasteiger partial charge is 0.489 e. The molecule has 3 aromatic rings. The molecule has 0 spiro atoms. The molecule has 0 saturated heterocycles. The van der Waals surface area contributed by atoms with Gasteiger partial charge in [-0.1, -0.05) is 12.6 Å². The first-order valence-corrected chi connectivity index (χ1v) is 8.77. The minimum absolute atomic E-state index is 0.382. The summed E-state index contributed by atoms with van der Waals surface area (Å²) in [5, 5.41) is 0.832. The predicted molar refractivity (Wildman–Crippen MR) is 104 cm³/mol. The van der Waals surface area contributed by atoms with Gasteiger partial charge in [0, 0.05) is 5.39 Å². The molecule has 5 heteroatoms. The third-order valence-electron chi connectivity index (χ3n) is 4.45. The molecule has 1 aromatic heterocycles. The molecule has 0 bridgehead atoms. The van der Waals surface area contributed by atoms with Crippen LogP contribution in [0.1, 0.15) is 12.5 Å². The number of aryl methyl sites for hydroxylation is 1. The summed E-state index contributed by atoms with van der Waals surface area (Å²) in [7, 11) is 0. The van der Waals surface area contributed by atoms with Crippen molar-refractivity contribution < 1.29 is 18.6 Å². The van der Waals surface area contributed by atoms with Crippen LogP contribution in [-0.4, -0.2) is 19.8 Å². The van der Waals surface area contributed by atoms with Crippen molar-refractivity contribution in [1.82, 2.24) is 0 Å². The second kappa shape index (κ2) is 6.83. The summed E-state index contributed by atoms with van der Waals surface area (Å²) in [6.45, 7) is 9.12. The van der Waals surface area contributed by atoms with Gasteiger partial charge < -0.3 is 18.6 Å². The van der Waals surface area contributed by atoms with Crippen molar-refractivity contribution in [3.8, 4) is 28.4 Å². The summed E-state index contributed by atoms with van der Waals surface area (Å²) in [5.41, 5.74) is 3.16. The monoisotopic (exact) mass is 364 g/mol. The van der Waals surface area contributed by atoms with E-state index in [-0.39, 0.29) is 5.63 Å². The smallest absolute Gasteiger partial charge is 0.344 e. The fraction of sp³-hybridized carbons (Fsp3) is 0.227. The lowest BCUT2D eigenvalue weighted by molar-refractivity contribution is 0.171. The Balaban J connectivity index is 1.82. The lowest BCUT2D eigenvalue weighted by atomic mass is 9.99. The molecule has 1 aliphatic heterocycles. The first-order valence-electron chi connectivity index (χ1n) is 8.77. The van der Waals surface area contributed by atoms with E-state index in [0.717, 1.165) is 22.1 Å². The zero-order chi connectivity index (χ0) is 19.0. The molecule has 0 N–H and O–H groups in total. The van der Waals surface area contributed by atoms with Crippen LogP contribution >= 0.6 is 0 Å². The molecule has 0 fully saturated rings. The molecule has 2 aromatic carbocycles. The van der Waals surface area contributed by atoms with E-state index in [1.54, 1.807) is 12.1 Å². The quantitative estimate of drug-likeness (QED) is 0.504. The molecule has 0 aliphatic carbocycles. The van der Waals surface area contributed by atoms with Gasteiger partial charge in [0.1, 0.15) is 31.2 Å². The summed E-state index contributed by atoms with van der Waals surface area (Å²) >= 11 is 0. The van der Waals surface area contributed by atoms with Gasteiger partial charge in [0.2, 0.25) is 0 Å². The molecular formula is C22H20O5. The molecule has 27 heavy (non-hydrogen) atoms. The van der Waals surface area contributed by atoms with E-state index in [2.05, 4.69) is 6.58 Å². The van der Waals surface area contributed by atoms with E-state index < -0.39 is 0 Å². The van der Waals surface area contributed by atoms with Crippen LogP contribution in [0.3, 0.4) is 0 Å². The third-order valence-corrected chi connectivity index (χ3v) is 4.45. The van der Waals surface area contributed by atoms with Crippen LogP contribution in [0.25, 0.3) is 22.1 Å². The first-order chi connectivity index (χ1) is 13.0. The minimum atomic E-state index is -0.382. The standard InChI is InChI=1S/C22H20O5/c1-13(2)12-26-16-5-7-18-17(11-16)14(3)21(22(23)27-18)15-4-6-19-20(10-15)25-9-8-24-19/h4-7,10-11H,1,8-9,12H2,2-3H3. The van der Waals surface area contributed by atoms with Gasteiger partial charge in [-0.2, -0.15) is 0 Å². The Hall–Kier alpha value is -3.21. The lowest BCUT2D eigenvalue weighted by Crippen LogP contribution is -2.15. The van der Waals surface area contributed by atoms with Gasteiger partial charge in [-0.05, 0) is 60.9 Å². The van der Waals surface area contributed by atoms with Gasteiger partial charge in [-0.25, -0.2) is 4.79 Å². The molecule has 4 rings (SSSR count). The van der Waals surface area contributed by atoms with Crippen LogP contribution in [0.4, 0.5) is 0 Å².